The zero-order valence-corrected chi connectivity index (χ0v) is 9.31. The summed E-state index contributed by atoms with van der Waals surface area (Å²) in [6, 6.07) is 8.53. The molecule has 2 rings (SSSR count). The lowest BCUT2D eigenvalue weighted by Gasteiger charge is -1.95. The molecular formula is C12H11ClS. The smallest absolute Gasteiger partial charge is 0.0414 e. The molecule has 1 heterocycles. The molecule has 0 N–H and O–H groups in total. The highest BCUT2D eigenvalue weighted by atomic mass is 35.5. The quantitative estimate of drug-likeness (QED) is 0.669. The van der Waals surface area contributed by atoms with E-state index in [0.29, 0.717) is 5.88 Å². The lowest BCUT2D eigenvalue weighted by Crippen LogP contribution is -1.72. The van der Waals surface area contributed by atoms with E-state index in [-0.39, 0.29) is 0 Å². The SMILES string of the molecule is ClCC/C=C/c1cccc2ccsc12. The van der Waals surface area contributed by atoms with Crippen LogP contribution in [0.4, 0.5) is 0 Å². The summed E-state index contributed by atoms with van der Waals surface area (Å²) in [5.74, 6) is 0.691. The third-order valence-corrected chi connectivity index (χ3v) is 3.28. The number of rotatable bonds is 3. The van der Waals surface area contributed by atoms with Crippen LogP contribution in [0.25, 0.3) is 16.2 Å². The van der Waals surface area contributed by atoms with Crippen molar-refractivity contribution in [3.8, 4) is 0 Å². The first kappa shape index (κ1) is 9.75. The number of hydrogen-bond donors (Lipinski definition) is 0. The van der Waals surface area contributed by atoms with Crippen LogP contribution in [0, 0.1) is 0 Å². The van der Waals surface area contributed by atoms with Gasteiger partial charge in [0.2, 0.25) is 0 Å². The summed E-state index contributed by atoms with van der Waals surface area (Å²) in [7, 11) is 0. The Labute approximate surface area is 92.8 Å². The monoisotopic (exact) mass is 222 g/mol. The van der Waals surface area contributed by atoms with Crippen LogP contribution < -0.4 is 0 Å². The molecule has 2 aromatic rings. The predicted octanol–water partition coefficient (Wildman–Crippen LogP) is 4.54. The molecule has 0 aliphatic rings. The Kier molecular flexibility index (Phi) is 3.22. The minimum absolute atomic E-state index is 0.691. The molecule has 0 saturated heterocycles. The fourth-order valence-corrected chi connectivity index (χ4v) is 2.44. The molecule has 1 aromatic carbocycles. The van der Waals surface area contributed by atoms with Gasteiger partial charge in [0, 0.05) is 10.6 Å². The molecule has 0 amide bonds. The maximum absolute atomic E-state index is 5.62. The zero-order chi connectivity index (χ0) is 9.80. The van der Waals surface area contributed by atoms with Crippen molar-refractivity contribution in [1.29, 1.82) is 0 Å². The fraction of sp³-hybridized carbons (Fsp3) is 0.167. The first-order chi connectivity index (χ1) is 6.92. The molecule has 0 bridgehead atoms. The van der Waals surface area contributed by atoms with E-state index < -0.39 is 0 Å². The molecule has 0 atom stereocenters. The largest absolute Gasteiger partial charge is 0.143 e. The van der Waals surface area contributed by atoms with E-state index in [2.05, 4.69) is 41.8 Å². The topological polar surface area (TPSA) is 0 Å². The first-order valence-electron chi connectivity index (χ1n) is 4.60. The highest BCUT2D eigenvalue weighted by Gasteiger charge is 1.97. The average Bonchev–Trinajstić information content (AvgIpc) is 2.67. The molecule has 0 saturated carbocycles. The van der Waals surface area contributed by atoms with Crippen LogP contribution in [0.15, 0.2) is 35.7 Å². The number of alkyl halides is 1. The van der Waals surface area contributed by atoms with Gasteiger partial charge in [-0.25, -0.2) is 0 Å². The van der Waals surface area contributed by atoms with Crippen LogP contribution >= 0.6 is 22.9 Å². The number of thiophene rings is 1. The van der Waals surface area contributed by atoms with E-state index in [0.717, 1.165) is 6.42 Å². The van der Waals surface area contributed by atoms with Gasteiger partial charge < -0.3 is 0 Å². The zero-order valence-electron chi connectivity index (χ0n) is 7.74. The second-order valence-electron chi connectivity index (χ2n) is 3.07. The van der Waals surface area contributed by atoms with Gasteiger partial charge in [-0.05, 0) is 28.8 Å². The van der Waals surface area contributed by atoms with Crippen LogP contribution in [0.3, 0.4) is 0 Å². The van der Waals surface area contributed by atoms with Gasteiger partial charge in [-0.2, -0.15) is 0 Å². The first-order valence-corrected chi connectivity index (χ1v) is 6.02. The summed E-state index contributed by atoms with van der Waals surface area (Å²) < 4.78 is 1.36. The predicted molar refractivity (Wildman–Crippen MR) is 66.2 cm³/mol. The van der Waals surface area contributed by atoms with Crippen molar-refractivity contribution >= 4 is 39.1 Å². The Morgan fingerprint density at radius 2 is 2.21 bits per heavy atom. The molecule has 0 aliphatic carbocycles. The van der Waals surface area contributed by atoms with E-state index in [4.69, 9.17) is 11.6 Å². The van der Waals surface area contributed by atoms with Crippen LogP contribution in [0.5, 0.6) is 0 Å². The van der Waals surface area contributed by atoms with Gasteiger partial charge in [-0.1, -0.05) is 30.4 Å². The number of allylic oxidation sites excluding steroid dienone is 1. The van der Waals surface area contributed by atoms with E-state index in [1.165, 1.54) is 15.6 Å². The summed E-state index contributed by atoms with van der Waals surface area (Å²) >= 11 is 7.40. The normalized spacial score (nSPS) is 11.5. The van der Waals surface area contributed by atoms with Crippen molar-refractivity contribution in [2.75, 3.05) is 5.88 Å². The van der Waals surface area contributed by atoms with E-state index in [1.54, 1.807) is 11.3 Å². The molecule has 0 nitrogen and oxygen atoms in total. The Morgan fingerprint density at radius 3 is 3.07 bits per heavy atom. The van der Waals surface area contributed by atoms with Gasteiger partial charge in [-0.15, -0.1) is 22.9 Å². The maximum atomic E-state index is 5.62. The molecular weight excluding hydrogens is 212 g/mol. The third-order valence-electron chi connectivity index (χ3n) is 2.08. The molecule has 0 radical (unpaired) electrons. The average molecular weight is 223 g/mol. The number of halogens is 1. The van der Waals surface area contributed by atoms with Crippen LogP contribution in [-0.2, 0) is 0 Å². The van der Waals surface area contributed by atoms with Crippen molar-refractivity contribution in [2.24, 2.45) is 0 Å². The van der Waals surface area contributed by atoms with Crippen molar-refractivity contribution < 1.29 is 0 Å². The summed E-state index contributed by atoms with van der Waals surface area (Å²) in [6.45, 7) is 0. The maximum Gasteiger partial charge on any atom is 0.0414 e. The summed E-state index contributed by atoms with van der Waals surface area (Å²) in [5, 5.41) is 3.45. The van der Waals surface area contributed by atoms with E-state index in [9.17, 15) is 0 Å². The Hall–Kier alpha value is -0.790. The molecule has 2 heteroatoms. The molecule has 0 fully saturated rings. The molecule has 0 unspecified atom stereocenters. The second-order valence-corrected chi connectivity index (χ2v) is 4.36. The Balaban J connectivity index is 2.36. The van der Waals surface area contributed by atoms with Crippen molar-refractivity contribution in [3.63, 3.8) is 0 Å². The Morgan fingerprint density at radius 1 is 1.29 bits per heavy atom. The molecule has 1 aromatic heterocycles. The minimum Gasteiger partial charge on any atom is -0.143 e. The van der Waals surface area contributed by atoms with Crippen molar-refractivity contribution in [2.45, 2.75) is 6.42 Å². The van der Waals surface area contributed by atoms with E-state index >= 15 is 0 Å². The number of fused-ring (bicyclic) bond motifs is 1. The minimum atomic E-state index is 0.691. The highest BCUT2D eigenvalue weighted by molar-refractivity contribution is 7.17. The van der Waals surface area contributed by atoms with Gasteiger partial charge in [0.25, 0.3) is 0 Å². The molecule has 14 heavy (non-hydrogen) atoms. The van der Waals surface area contributed by atoms with Gasteiger partial charge in [0.05, 0.1) is 0 Å². The second kappa shape index (κ2) is 4.63. The summed E-state index contributed by atoms with van der Waals surface area (Å²) in [4.78, 5) is 0. The highest BCUT2D eigenvalue weighted by Crippen LogP contribution is 2.25. The van der Waals surface area contributed by atoms with Gasteiger partial charge in [-0.3, -0.25) is 0 Å². The van der Waals surface area contributed by atoms with Gasteiger partial charge >= 0.3 is 0 Å². The lowest BCUT2D eigenvalue weighted by molar-refractivity contribution is 1.24. The van der Waals surface area contributed by atoms with E-state index in [1.807, 2.05) is 0 Å². The molecule has 0 aliphatic heterocycles. The van der Waals surface area contributed by atoms with Gasteiger partial charge in [0.15, 0.2) is 0 Å². The lowest BCUT2D eigenvalue weighted by atomic mass is 10.1. The van der Waals surface area contributed by atoms with Crippen LogP contribution in [0.2, 0.25) is 0 Å². The standard InChI is InChI=1S/C12H11ClS/c13-8-2-1-4-10-5-3-6-11-7-9-14-12(10)11/h1,3-7,9H,2,8H2/b4-1+. The van der Waals surface area contributed by atoms with Crippen LogP contribution in [0.1, 0.15) is 12.0 Å². The van der Waals surface area contributed by atoms with Crippen molar-refractivity contribution in [1.82, 2.24) is 0 Å². The summed E-state index contributed by atoms with van der Waals surface area (Å²) in [5.41, 5.74) is 1.29. The summed E-state index contributed by atoms with van der Waals surface area (Å²) in [6.07, 6.45) is 5.21. The van der Waals surface area contributed by atoms with Crippen LogP contribution in [-0.4, -0.2) is 5.88 Å². The van der Waals surface area contributed by atoms with Gasteiger partial charge in [0.1, 0.15) is 0 Å². The third kappa shape index (κ3) is 1.99. The fourth-order valence-electron chi connectivity index (χ4n) is 1.42. The number of benzene rings is 1. The molecule has 72 valence electrons. The van der Waals surface area contributed by atoms with Crippen molar-refractivity contribution in [3.05, 3.63) is 41.3 Å². The number of hydrogen-bond acceptors (Lipinski definition) is 1. The molecule has 0 spiro atoms. The Bertz CT molecular complexity index is 442.